The Morgan fingerprint density at radius 1 is 0.691 bits per heavy atom. The second-order valence-electron chi connectivity index (χ2n) is 15.4. The number of amides is 4. The monoisotopic (exact) mass is 998 g/mol. The quantitative estimate of drug-likeness (QED) is 0.137. The number of imidazole rings is 1. The molecule has 0 spiro atoms. The van der Waals surface area contributed by atoms with Crippen molar-refractivity contribution in [3.05, 3.63) is 65.7 Å². The Labute approximate surface area is 399 Å². The van der Waals surface area contributed by atoms with E-state index in [-0.39, 0.29) is 112 Å². The van der Waals surface area contributed by atoms with Gasteiger partial charge in [-0.3, -0.25) is 63.7 Å². The number of nitrogens with one attached hydrogen (secondary N) is 2. The third-order valence-corrected chi connectivity index (χ3v) is 13.4. The largest absolute Gasteiger partial charge is 0.352 e. The summed E-state index contributed by atoms with van der Waals surface area (Å²) in [5.41, 5.74) is 10.8. The molecule has 3 aromatic rings. The highest BCUT2D eigenvalue weighted by atomic mass is 31.2. The van der Waals surface area contributed by atoms with E-state index in [4.69, 9.17) is 38.6 Å². The van der Waals surface area contributed by atoms with Crippen LogP contribution >= 0.6 is 17.1 Å². The van der Waals surface area contributed by atoms with E-state index in [1.54, 1.807) is 18.4 Å². The standard InChI is InChI=1S/C19H25N6O6P.C19H27N4O7P.5CH4/c1-6-10-13(31-32(20)29-5)9(3)19(30-10)25-14(11-8(2)17(27)24(4)18(11)28)23-12-15(25)21-7-22-16(12)26;1-7-11-14(30-31(20)28-6)9(3)18(29-11)23-10(4)13(15(24)21-19(23)27)12-8(2)16(25)22(5)17(12)26;;;;;/h7,9-10,13,19H,6,20H2,1-5H3,(H,21,22,26);9,11,14,18H,7,20H2,1-6H3,(H,21,24,27);5*1H4. The number of carbonyl (C=O) groups is 4. The maximum Gasteiger partial charge on any atom is 0.330 e. The Morgan fingerprint density at radius 2 is 1.13 bits per heavy atom. The summed E-state index contributed by atoms with van der Waals surface area (Å²) in [5, 5.41) is 0. The molecule has 0 bridgehead atoms. The van der Waals surface area contributed by atoms with Crippen LogP contribution in [0.5, 0.6) is 0 Å². The normalized spacial score (nSPS) is 25.4. The average Bonchev–Trinajstić information content (AvgIpc) is 3.98. The van der Waals surface area contributed by atoms with Gasteiger partial charge in [0, 0.05) is 57.0 Å². The van der Waals surface area contributed by atoms with Crippen LogP contribution in [0.15, 0.2) is 31.9 Å². The third kappa shape index (κ3) is 10.6. The molecular weight excluding hydrogens is 926 g/mol. The number of fused-ring (bicyclic) bond motifs is 1. The number of nitrogens with two attached hydrogens (primary N) is 2. The van der Waals surface area contributed by atoms with Crippen molar-refractivity contribution < 1.29 is 46.7 Å². The number of likely N-dealkylation sites (N-methyl/N-ethyl adjacent to an activating group) is 2. The minimum Gasteiger partial charge on any atom is -0.352 e. The van der Waals surface area contributed by atoms with Crippen molar-refractivity contribution in [3.8, 4) is 0 Å². The first-order chi connectivity index (χ1) is 29.7. The van der Waals surface area contributed by atoms with E-state index in [1.807, 2.05) is 27.7 Å². The zero-order valence-electron chi connectivity index (χ0n) is 36.7. The van der Waals surface area contributed by atoms with Crippen LogP contribution in [0.25, 0.3) is 22.3 Å². The van der Waals surface area contributed by atoms with Crippen molar-refractivity contribution in [2.45, 2.75) is 135 Å². The lowest BCUT2D eigenvalue weighted by molar-refractivity contribution is -0.136. The Bertz CT molecular complexity index is 2590. The lowest BCUT2D eigenvalue weighted by Crippen LogP contribution is -2.39. The molecule has 4 aliphatic rings. The molecule has 3 aromatic heterocycles. The van der Waals surface area contributed by atoms with Gasteiger partial charge in [0.05, 0.1) is 47.5 Å². The molecular formula is C43H72N10O13P2. The average molecular weight is 999 g/mol. The molecule has 2 saturated heterocycles. The van der Waals surface area contributed by atoms with Crippen LogP contribution in [0.1, 0.15) is 121 Å². The van der Waals surface area contributed by atoms with Gasteiger partial charge >= 0.3 is 5.69 Å². The number of aromatic amines is 2. The molecule has 10 unspecified atom stereocenters. The molecule has 23 nitrogen and oxygen atoms in total. The van der Waals surface area contributed by atoms with Crippen LogP contribution in [0, 0.1) is 18.8 Å². The molecule has 2 fully saturated rings. The highest BCUT2D eigenvalue weighted by molar-refractivity contribution is 7.44. The summed E-state index contributed by atoms with van der Waals surface area (Å²) < 4.78 is 37.2. The van der Waals surface area contributed by atoms with Gasteiger partial charge in [0.25, 0.3) is 51.8 Å². The number of hydrogen-bond donors (Lipinski definition) is 4. The molecule has 6 N–H and O–H groups in total. The van der Waals surface area contributed by atoms with Crippen LogP contribution < -0.4 is 27.8 Å². The van der Waals surface area contributed by atoms with Crippen LogP contribution in [-0.2, 0) is 46.7 Å². The summed E-state index contributed by atoms with van der Waals surface area (Å²) in [6.45, 7) is 12.2. The predicted octanol–water partition coefficient (Wildman–Crippen LogP) is 5.01. The third-order valence-electron chi connectivity index (χ3n) is 11.8. The lowest BCUT2D eigenvalue weighted by Gasteiger charge is -2.24. The fourth-order valence-corrected chi connectivity index (χ4v) is 9.68. The smallest absolute Gasteiger partial charge is 0.330 e. The topological polar surface area (TPSA) is 301 Å². The zero-order chi connectivity index (χ0) is 46.5. The summed E-state index contributed by atoms with van der Waals surface area (Å²) >= 11 is 0. The van der Waals surface area contributed by atoms with E-state index in [1.165, 1.54) is 46.1 Å². The second kappa shape index (κ2) is 24.2. The first-order valence-corrected chi connectivity index (χ1v) is 22.5. The Balaban J connectivity index is 0.000000634. The number of aromatic nitrogens is 6. The summed E-state index contributed by atoms with van der Waals surface area (Å²) in [6.07, 6.45) is -0.451. The predicted molar refractivity (Wildman–Crippen MR) is 261 cm³/mol. The summed E-state index contributed by atoms with van der Waals surface area (Å²) in [4.78, 5) is 104. The molecule has 4 amide bonds. The summed E-state index contributed by atoms with van der Waals surface area (Å²) in [5.74, 6) is -2.43. The summed E-state index contributed by atoms with van der Waals surface area (Å²) in [7, 11) is 2.45. The summed E-state index contributed by atoms with van der Waals surface area (Å²) in [6, 6.07) is 0. The number of carbonyl (C=O) groups excluding carboxylic acids is 4. The molecule has 68 heavy (non-hydrogen) atoms. The fraction of sp³-hybridized carbons (Fsp3) is 0.605. The van der Waals surface area contributed by atoms with Gasteiger partial charge in [-0.15, -0.1) is 0 Å². The molecule has 0 aromatic carbocycles. The van der Waals surface area contributed by atoms with Crippen LogP contribution in [0.2, 0.25) is 0 Å². The number of rotatable bonds is 12. The minimum atomic E-state index is -1.61. The molecule has 382 valence electrons. The van der Waals surface area contributed by atoms with Crippen LogP contribution in [0.3, 0.4) is 0 Å². The van der Waals surface area contributed by atoms with E-state index in [9.17, 15) is 33.6 Å². The van der Waals surface area contributed by atoms with Crippen molar-refractivity contribution in [1.29, 1.82) is 0 Å². The van der Waals surface area contributed by atoms with Gasteiger partial charge in [-0.25, -0.2) is 14.8 Å². The first-order valence-electron chi connectivity index (χ1n) is 20.0. The van der Waals surface area contributed by atoms with E-state index in [0.29, 0.717) is 12.8 Å². The molecule has 7 rings (SSSR count). The molecule has 0 aliphatic carbocycles. The van der Waals surface area contributed by atoms with Gasteiger partial charge in [0.2, 0.25) is 0 Å². The Morgan fingerprint density at radius 3 is 1.54 bits per heavy atom. The molecule has 25 heteroatoms. The SMILES string of the molecule is C.C.C.C.C.CCC1OC(n2c(C)c(C3=C(C)C(=O)N(C)C3=O)c(=O)[nH]c2=O)C(C)C1OP(N)OC.CCC1OC(n2c(C3=C(C)C(=O)N(C)C3=O)nc3c(=O)[nH]cnc32)C(C)C1OP(N)OC. The van der Waals surface area contributed by atoms with Crippen molar-refractivity contribution in [1.82, 2.24) is 38.9 Å². The second-order valence-corrected chi connectivity index (χ2v) is 17.7. The van der Waals surface area contributed by atoms with Gasteiger partial charge in [-0.05, 0) is 33.6 Å². The maximum absolute atomic E-state index is 12.9. The van der Waals surface area contributed by atoms with Crippen molar-refractivity contribution in [3.63, 3.8) is 0 Å². The van der Waals surface area contributed by atoms with Gasteiger partial charge in [-0.1, -0.05) is 64.8 Å². The molecule has 4 aliphatic heterocycles. The van der Waals surface area contributed by atoms with E-state index < -0.39 is 82.2 Å². The van der Waals surface area contributed by atoms with Crippen LogP contribution in [0.4, 0.5) is 0 Å². The Kier molecular flexibility index (Phi) is 21.9. The highest BCUT2D eigenvalue weighted by Crippen LogP contribution is 2.46. The molecule has 0 saturated carbocycles. The maximum atomic E-state index is 12.9. The van der Waals surface area contributed by atoms with E-state index in [2.05, 4.69) is 19.9 Å². The zero-order valence-corrected chi connectivity index (χ0v) is 38.4. The van der Waals surface area contributed by atoms with Crippen molar-refractivity contribution >= 4 is 63.0 Å². The number of hydrogen-bond acceptors (Lipinski definition) is 17. The van der Waals surface area contributed by atoms with E-state index in [0.717, 1.165) is 9.80 Å². The molecule has 10 atom stereocenters. The van der Waals surface area contributed by atoms with Gasteiger partial charge in [0.1, 0.15) is 12.5 Å². The van der Waals surface area contributed by atoms with Crippen LogP contribution in [-0.4, -0.2) is 115 Å². The van der Waals surface area contributed by atoms with E-state index >= 15 is 0 Å². The number of H-pyrrole nitrogens is 2. The van der Waals surface area contributed by atoms with Gasteiger partial charge in [0.15, 0.2) is 17.0 Å². The van der Waals surface area contributed by atoms with Crippen molar-refractivity contribution in [2.24, 2.45) is 22.8 Å². The Hall–Kier alpha value is -4.67. The lowest BCUT2D eigenvalue weighted by atomic mass is 9.99. The number of imide groups is 2. The number of ether oxygens (including phenoxy) is 2. The minimum absolute atomic E-state index is 0. The highest BCUT2D eigenvalue weighted by Gasteiger charge is 2.48. The fourth-order valence-electron chi connectivity index (χ4n) is 8.38. The van der Waals surface area contributed by atoms with Gasteiger partial charge < -0.3 is 32.6 Å². The first kappa shape index (κ1) is 61.3. The van der Waals surface area contributed by atoms with Gasteiger partial charge in [-0.2, -0.15) is 0 Å². The molecule has 7 heterocycles. The van der Waals surface area contributed by atoms with Crippen molar-refractivity contribution in [2.75, 3.05) is 28.3 Å². The number of nitrogens with zero attached hydrogens (tertiary/aromatic N) is 6. The molecule has 0 radical (unpaired) electrons.